The Morgan fingerprint density at radius 2 is 1.89 bits per heavy atom. The maximum Gasteiger partial charge on any atom is 0.332 e. The summed E-state index contributed by atoms with van der Waals surface area (Å²) in [6.45, 7) is 7.37. The molecule has 0 amide bonds. The van der Waals surface area contributed by atoms with Crippen LogP contribution >= 0.6 is 0 Å². The van der Waals surface area contributed by atoms with Crippen molar-refractivity contribution < 1.29 is 23.2 Å². The van der Waals surface area contributed by atoms with Gasteiger partial charge in [-0.2, -0.15) is 0 Å². The van der Waals surface area contributed by atoms with E-state index >= 15 is 0 Å². The number of ether oxygens (including phenoxy) is 2. The van der Waals surface area contributed by atoms with Crippen molar-refractivity contribution in [3.05, 3.63) is 65.5 Å². The third kappa shape index (κ3) is 6.22. The van der Waals surface area contributed by atoms with E-state index in [4.69, 9.17) is 9.47 Å². The molecule has 0 fully saturated rings. The molecule has 152 valence electrons. The molecule has 0 saturated carbocycles. The van der Waals surface area contributed by atoms with Crippen molar-refractivity contribution in [3.63, 3.8) is 0 Å². The van der Waals surface area contributed by atoms with Gasteiger partial charge in [0.15, 0.2) is 6.04 Å². The molecular weight excluding hydrogens is 381 g/mol. The number of carbonyl (C=O) groups excluding carboxylic acids is 1. The molecule has 2 atom stereocenters. The normalized spacial score (nSPS) is 13.6. The summed E-state index contributed by atoms with van der Waals surface area (Å²) in [5, 5.41) is 0. The van der Waals surface area contributed by atoms with Crippen molar-refractivity contribution in [1.29, 1.82) is 0 Å². The molecule has 1 unspecified atom stereocenters. The summed E-state index contributed by atoms with van der Waals surface area (Å²) < 4.78 is 39.9. The zero-order valence-electron chi connectivity index (χ0n) is 16.5. The van der Waals surface area contributed by atoms with Crippen molar-refractivity contribution >= 4 is 17.3 Å². The number of halogens is 1. The fraction of sp³-hybridized carbons (Fsp3) is 0.381. The summed E-state index contributed by atoms with van der Waals surface area (Å²) in [6.07, 6.45) is 0. The SMILES string of the molecule is CCOC(=O)[C@H](N[S+]([O-])C(C)(C)C)c1ccc(OCc2ccccc2)cc1F. The Balaban J connectivity index is 2.19. The molecular formula is C21H26FNO4S. The van der Waals surface area contributed by atoms with E-state index in [0.29, 0.717) is 12.4 Å². The van der Waals surface area contributed by atoms with Crippen LogP contribution in [0.4, 0.5) is 4.39 Å². The highest BCUT2D eigenvalue weighted by Crippen LogP contribution is 2.26. The monoisotopic (exact) mass is 407 g/mol. The van der Waals surface area contributed by atoms with E-state index in [0.717, 1.165) is 5.56 Å². The van der Waals surface area contributed by atoms with Gasteiger partial charge in [0.05, 0.1) is 6.61 Å². The van der Waals surface area contributed by atoms with E-state index in [2.05, 4.69) is 4.72 Å². The smallest absolute Gasteiger partial charge is 0.332 e. The van der Waals surface area contributed by atoms with E-state index in [1.165, 1.54) is 12.1 Å². The lowest BCUT2D eigenvalue weighted by atomic mass is 10.1. The number of esters is 1. The Hall–Kier alpha value is -2.09. The first kappa shape index (κ1) is 22.2. The molecule has 0 aromatic heterocycles. The number of hydrogen-bond acceptors (Lipinski definition) is 5. The molecule has 28 heavy (non-hydrogen) atoms. The van der Waals surface area contributed by atoms with Crippen molar-refractivity contribution in [2.24, 2.45) is 0 Å². The van der Waals surface area contributed by atoms with Crippen LogP contribution in [-0.2, 0) is 27.5 Å². The van der Waals surface area contributed by atoms with Crippen LogP contribution in [0.5, 0.6) is 5.75 Å². The van der Waals surface area contributed by atoms with Crippen LogP contribution < -0.4 is 9.46 Å². The molecule has 2 aromatic rings. The van der Waals surface area contributed by atoms with Crippen LogP contribution in [0.15, 0.2) is 48.5 Å². The number of hydrogen-bond donors (Lipinski definition) is 1. The second-order valence-corrected chi connectivity index (χ2v) is 9.14. The minimum Gasteiger partial charge on any atom is -0.598 e. The third-order valence-electron chi connectivity index (χ3n) is 3.83. The summed E-state index contributed by atoms with van der Waals surface area (Å²) in [6, 6.07) is 12.6. The molecule has 0 spiro atoms. The summed E-state index contributed by atoms with van der Waals surface area (Å²) >= 11 is -1.58. The molecule has 0 aliphatic rings. The molecule has 0 aliphatic heterocycles. The molecule has 7 heteroatoms. The third-order valence-corrected chi connectivity index (χ3v) is 5.40. The first-order chi connectivity index (χ1) is 13.2. The molecule has 2 aromatic carbocycles. The Bertz CT molecular complexity index is 780. The van der Waals surface area contributed by atoms with Gasteiger partial charge in [0.2, 0.25) is 0 Å². The topological polar surface area (TPSA) is 70.6 Å². The van der Waals surface area contributed by atoms with Gasteiger partial charge >= 0.3 is 5.97 Å². The lowest BCUT2D eigenvalue weighted by Gasteiger charge is -2.27. The zero-order chi connectivity index (χ0) is 20.7. The number of benzene rings is 2. The first-order valence-electron chi connectivity index (χ1n) is 9.03. The highest BCUT2D eigenvalue weighted by Gasteiger charge is 2.35. The zero-order valence-corrected chi connectivity index (χ0v) is 17.3. The number of carbonyl (C=O) groups is 1. The van der Waals surface area contributed by atoms with E-state index in [-0.39, 0.29) is 12.2 Å². The van der Waals surface area contributed by atoms with Crippen LogP contribution in [0.3, 0.4) is 0 Å². The minimum absolute atomic E-state index is 0.0584. The largest absolute Gasteiger partial charge is 0.598 e. The van der Waals surface area contributed by atoms with E-state index < -0.39 is 33.9 Å². The highest BCUT2D eigenvalue weighted by molar-refractivity contribution is 7.90. The second-order valence-electron chi connectivity index (χ2n) is 7.14. The average molecular weight is 408 g/mol. The quantitative estimate of drug-likeness (QED) is 0.528. The van der Waals surface area contributed by atoms with Gasteiger partial charge in [0.1, 0.15) is 22.9 Å². The first-order valence-corrected chi connectivity index (χ1v) is 10.2. The molecule has 0 heterocycles. The lowest BCUT2D eigenvalue weighted by molar-refractivity contribution is -0.145. The van der Waals surface area contributed by atoms with Crippen LogP contribution in [0.2, 0.25) is 0 Å². The van der Waals surface area contributed by atoms with Crippen LogP contribution in [0.25, 0.3) is 0 Å². The predicted molar refractivity (Wildman–Crippen MR) is 108 cm³/mol. The molecule has 0 aliphatic carbocycles. The molecule has 0 saturated heterocycles. The standard InChI is InChI=1S/C21H26FNO4S/c1-5-26-20(24)19(23-28(25)21(2,3)4)17-12-11-16(13-18(17)22)27-14-15-9-7-6-8-10-15/h6-13,19,23H,5,14H2,1-4H3/t19-,28?/m1/s1. The van der Waals surface area contributed by atoms with Gasteiger partial charge in [-0.1, -0.05) is 36.4 Å². The number of nitrogens with one attached hydrogen (secondary N) is 1. The van der Waals surface area contributed by atoms with Gasteiger partial charge in [-0.3, -0.25) is 0 Å². The van der Waals surface area contributed by atoms with Crippen molar-refractivity contribution in [2.75, 3.05) is 6.61 Å². The summed E-state index contributed by atoms with van der Waals surface area (Å²) in [7, 11) is 0. The molecule has 1 N–H and O–H groups in total. The Morgan fingerprint density at radius 3 is 2.46 bits per heavy atom. The summed E-state index contributed by atoms with van der Waals surface area (Å²) in [4.78, 5) is 12.3. The van der Waals surface area contributed by atoms with Crippen LogP contribution in [0, 0.1) is 5.82 Å². The maximum absolute atomic E-state index is 14.7. The Labute approximate surface area is 168 Å². The van der Waals surface area contributed by atoms with Gasteiger partial charge in [-0.25, -0.2) is 9.18 Å². The van der Waals surface area contributed by atoms with Crippen molar-refractivity contribution in [3.8, 4) is 5.75 Å². The van der Waals surface area contributed by atoms with Crippen LogP contribution in [0.1, 0.15) is 44.9 Å². The maximum atomic E-state index is 14.7. The highest BCUT2D eigenvalue weighted by atomic mass is 32.2. The van der Waals surface area contributed by atoms with Crippen molar-refractivity contribution in [1.82, 2.24) is 4.72 Å². The molecule has 5 nitrogen and oxygen atoms in total. The van der Waals surface area contributed by atoms with Crippen LogP contribution in [-0.4, -0.2) is 21.9 Å². The predicted octanol–water partition coefficient (Wildman–Crippen LogP) is 4.06. The minimum atomic E-state index is -1.58. The lowest BCUT2D eigenvalue weighted by Crippen LogP contribution is -2.44. The van der Waals surface area contributed by atoms with E-state index in [1.807, 2.05) is 30.3 Å². The molecule has 2 rings (SSSR count). The van der Waals surface area contributed by atoms with Gasteiger partial charge in [0, 0.05) is 23.0 Å². The van der Waals surface area contributed by atoms with Gasteiger partial charge in [0.25, 0.3) is 0 Å². The summed E-state index contributed by atoms with van der Waals surface area (Å²) in [5.41, 5.74) is 1.02. The molecule has 0 bridgehead atoms. The van der Waals surface area contributed by atoms with Gasteiger partial charge < -0.3 is 14.0 Å². The van der Waals surface area contributed by atoms with E-state index in [9.17, 15) is 13.7 Å². The average Bonchev–Trinajstić information content (AvgIpc) is 2.65. The van der Waals surface area contributed by atoms with Gasteiger partial charge in [-0.15, -0.1) is 4.72 Å². The Morgan fingerprint density at radius 1 is 1.21 bits per heavy atom. The fourth-order valence-electron chi connectivity index (χ4n) is 2.32. The Kier molecular flexibility index (Phi) is 7.86. The second kappa shape index (κ2) is 9.91. The van der Waals surface area contributed by atoms with Crippen molar-refractivity contribution in [2.45, 2.75) is 45.1 Å². The van der Waals surface area contributed by atoms with E-state index in [1.54, 1.807) is 33.8 Å². The summed E-state index contributed by atoms with van der Waals surface area (Å²) in [5.74, 6) is -0.983. The molecule has 0 radical (unpaired) electrons. The van der Waals surface area contributed by atoms with Gasteiger partial charge in [-0.05, 0) is 39.3 Å². The number of rotatable bonds is 8. The fourth-order valence-corrected chi connectivity index (χ4v) is 3.11.